The summed E-state index contributed by atoms with van der Waals surface area (Å²) in [5.41, 5.74) is 0.468. The summed E-state index contributed by atoms with van der Waals surface area (Å²) in [6, 6.07) is 9.40. The van der Waals surface area contributed by atoms with Gasteiger partial charge in [-0.25, -0.2) is 12.8 Å². The second-order valence-corrected chi connectivity index (χ2v) is 9.15. The summed E-state index contributed by atoms with van der Waals surface area (Å²) in [6.45, 7) is 0. The zero-order chi connectivity index (χ0) is 28.1. The molecule has 0 heterocycles. The van der Waals surface area contributed by atoms with Gasteiger partial charge in [0.2, 0.25) is 5.75 Å². The van der Waals surface area contributed by atoms with Crippen LogP contribution in [0.2, 0.25) is 0 Å². The average molecular weight is 558 g/mol. The van der Waals surface area contributed by atoms with Gasteiger partial charge in [0.25, 0.3) is 10.0 Å². The van der Waals surface area contributed by atoms with E-state index in [4.69, 9.17) is 18.9 Å². The number of sulfonamides is 1. The SMILES string of the molecule is COc1cc(C=Cc2ccc(F)c(OC)c2NS(=O)(=O)c2cccc(OC(F)(F)F)c2)cc(OC)c1OC. The lowest BCUT2D eigenvalue weighted by Crippen LogP contribution is -2.18. The van der Waals surface area contributed by atoms with Crippen LogP contribution in [0.5, 0.6) is 28.7 Å². The molecule has 0 fully saturated rings. The van der Waals surface area contributed by atoms with Gasteiger partial charge in [-0.1, -0.05) is 18.2 Å². The van der Waals surface area contributed by atoms with Crippen LogP contribution >= 0.6 is 0 Å². The number of halogens is 4. The van der Waals surface area contributed by atoms with Gasteiger partial charge in [-0.15, -0.1) is 13.2 Å². The summed E-state index contributed by atoms with van der Waals surface area (Å²) >= 11 is 0. The zero-order valence-electron chi connectivity index (χ0n) is 20.6. The number of benzene rings is 3. The van der Waals surface area contributed by atoms with Crippen molar-refractivity contribution >= 4 is 27.9 Å². The summed E-state index contributed by atoms with van der Waals surface area (Å²) in [5.74, 6) is -0.947. The first-order chi connectivity index (χ1) is 17.9. The van der Waals surface area contributed by atoms with E-state index in [2.05, 4.69) is 9.46 Å². The van der Waals surface area contributed by atoms with Crippen LogP contribution < -0.4 is 28.4 Å². The van der Waals surface area contributed by atoms with Crippen LogP contribution in [0.4, 0.5) is 23.2 Å². The standard InChI is InChI=1S/C25H23F4NO7S/c1-33-20-12-15(13-21(34-2)24(20)36-4)8-9-16-10-11-19(26)23(35-3)22(16)30-38(31,32)18-7-5-6-17(14-18)37-25(27,28)29/h5-14,30H,1-4H3. The van der Waals surface area contributed by atoms with Crippen molar-refractivity contribution in [3.05, 3.63) is 65.5 Å². The molecule has 0 saturated heterocycles. The molecule has 8 nitrogen and oxygen atoms in total. The molecular formula is C25H23F4NO7S. The van der Waals surface area contributed by atoms with Crippen LogP contribution in [0.3, 0.4) is 0 Å². The van der Waals surface area contributed by atoms with Crippen LogP contribution in [-0.2, 0) is 10.0 Å². The van der Waals surface area contributed by atoms with Crippen LogP contribution in [0.15, 0.2) is 53.4 Å². The fraction of sp³-hybridized carbons (Fsp3) is 0.200. The molecule has 0 radical (unpaired) electrons. The molecule has 3 rings (SSSR count). The van der Waals surface area contributed by atoms with E-state index in [0.717, 1.165) is 31.4 Å². The van der Waals surface area contributed by atoms with Gasteiger partial charge in [0.15, 0.2) is 23.1 Å². The number of anilines is 1. The fourth-order valence-corrected chi connectivity index (χ4v) is 4.56. The van der Waals surface area contributed by atoms with E-state index >= 15 is 0 Å². The highest BCUT2D eigenvalue weighted by Gasteiger charge is 2.31. The minimum absolute atomic E-state index is 0.184. The monoisotopic (exact) mass is 557 g/mol. The van der Waals surface area contributed by atoms with Gasteiger partial charge < -0.3 is 23.7 Å². The number of rotatable bonds is 10. The Hall–Kier alpha value is -4.13. The van der Waals surface area contributed by atoms with E-state index in [9.17, 15) is 26.0 Å². The molecule has 0 aliphatic heterocycles. The van der Waals surface area contributed by atoms with Crippen LogP contribution in [0.25, 0.3) is 12.2 Å². The molecule has 0 unspecified atom stereocenters. The van der Waals surface area contributed by atoms with E-state index < -0.39 is 38.6 Å². The van der Waals surface area contributed by atoms with E-state index in [1.54, 1.807) is 18.2 Å². The fourth-order valence-electron chi connectivity index (χ4n) is 3.43. The van der Waals surface area contributed by atoms with E-state index in [1.165, 1.54) is 33.5 Å². The smallest absolute Gasteiger partial charge is 0.493 e. The number of hydrogen-bond donors (Lipinski definition) is 1. The second kappa shape index (κ2) is 11.5. The van der Waals surface area contributed by atoms with Crippen molar-refractivity contribution in [1.82, 2.24) is 0 Å². The third-order valence-corrected chi connectivity index (χ3v) is 6.42. The Morgan fingerprint density at radius 3 is 2.00 bits per heavy atom. The summed E-state index contributed by atoms with van der Waals surface area (Å²) in [4.78, 5) is -0.551. The molecule has 1 N–H and O–H groups in total. The predicted molar refractivity (Wildman–Crippen MR) is 132 cm³/mol. The minimum atomic E-state index is -5.02. The van der Waals surface area contributed by atoms with Gasteiger partial charge >= 0.3 is 6.36 Å². The van der Waals surface area contributed by atoms with Gasteiger partial charge in [0.1, 0.15) is 11.4 Å². The topological polar surface area (TPSA) is 92.3 Å². The minimum Gasteiger partial charge on any atom is -0.493 e. The van der Waals surface area contributed by atoms with Crippen molar-refractivity contribution in [3.8, 4) is 28.7 Å². The molecule has 204 valence electrons. The maximum atomic E-state index is 14.5. The first kappa shape index (κ1) is 28.4. The molecule has 0 saturated carbocycles. The van der Waals surface area contributed by atoms with Gasteiger partial charge in [-0.3, -0.25) is 4.72 Å². The van der Waals surface area contributed by atoms with Gasteiger partial charge in [0.05, 0.1) is 33.3 Å². The van der Waals surface area contributed by atoms with Crippen LogP contribution in [-0.4, -0.2) is 43.2 Å². The number of ether oxygens (including phenoxy) is 5. The zero-order valence-corrected chi connectivity index (χ0v) is 21.4. The molecule has 0 bridgehead atoms. The summed E-state index contributed by atoms with van der Waals surface area (Å²) in [7, 11) is 0.960. The maximum absolute atomic E-state index is 14.5. The van der Waals surface area contributed by atoms with E-state index in [0.29, 0.717) is 28.9 Å². The van der Waals surface area contributed by atoms with Gasteiger partial charge in [0, 0.05) is 11.6 Å². The van der Waals surface area contributed by atoms with Crippen molar-refractivity contribution in [3.63, 3.8) is 0 Å². The predicted octanol–water partition coefficient (Wildman–Crippen LogP) is 5.73. The third-order valence-electron chi connectivity index (χ3n) is 5.07. The van der Waals surface area contributed by atoms with Crippen LogP contribution in [0.1, 0.15) is 11.1 Å². The third kappa shape index (κ3) is 6.59. The highest BCUT2D eigenvalue weighted by Crippen LogP contribution is 2.39. The molecule has 0 atom stereocenters. The van der Waals surface area contributed by atoms with Crippen molar-refractivity contribution in [2.45, 2.75) is 11.3 Å². The molecule has 3 aromatic rings. The van der Waals surface area contributed by atoms with Crippen LogP contribution in [0, 0.1) is 5.82 Å². The molecule has 0 aliphatic carbocycles. The average Bonchev–Trinajstić information content (AvgIpc) is 2.86. The van der Waals surface area contributed by atoms with Crippen molar-refractivity contribution < 1.29 is 49.7 Å². The van der Waals surface area contributed by atoms with E-state index in [-0.39, 0.29) is 11.3 Å². The molecule has 0 aliphatic rings. The lowest BCUT2D eigenvalue weighted by molar-refractivity contribution is -0.274. The van der Waals surface area contributed by atoms with E-state index in [1.807, 2.05) is 0 Å². The first-order valence-corrected chi connectivity index (χ1v) is 12.1. The highest BCUT2D eigenvalue weighted by atomic mass is 32.2. The maximum Gasteiger partial charge on any atom is 0.573 e. The highest BCUT2D eigenvalue weighted by molar-refractivity contribution is 7.92. The Bertz CT molecular complexity index is 1420. The van der Waals surface area contributed by atoms with Gasteiger partial charge in [-0.2, -0.15) is 0 Å². The normalized spacial score (nSPS) is 11.8. The largest absolute Gasteiger partial charge is 0.573 e. The Morgan fingerprint density at radius 2 is 1.45 bits per heavy atom. The first-order valence-electron chi connectivity index (χ1n) is 10.7. The summed E-state index contributed by atoms with van der Waals surface area (Å²) in [5, 5.41) is 0. The molecule has 0 amide bonds. The number of nitrogens with one attached hydrogen (secondary N) is 1. The molecule has 3 aromatic carbocycles. The molecule has 0 spiro atoms. The van der Waals surface area contributed by atoms with Crippen molar-refractivity contribution in [2.75, 3.05) is 33.2 Å². The number of methoxy groups -OCH3 is 4. The Kier molecular flexibility index (Phi) is 8.61. The number of alkyl halides is 3. The Labute approximate surface area is 216 Å². The van der Waals surface area contributed by atoms with Crippen molar-refractivity contribution in [2.24, 2.45) is 0 Å². The molecule has 0 aromatic heterocycles. The summed E-state index contributed by atoms with van der Waals surface area (Å²) < 4.78 is 105. The lowest BCUT2D eigenvalue weighted by atomic mass is 10.1. The summed E-state index contributed by atoms with van der Waals surface area (Å²) in [6.07, 6.45) is -1.97. The quantitative estimate of drug-likeness (QED) is 0.251. The Morgan fingerprint density at radius 1 is 0.816 bits per heavy atom. The molecular weight excluding hydrogens is 534 g/mol. The second-order valence-electron chi connectivity index (χ2n) is 7.47. The Balaban J connectivity index is 2.05. The van der Waals surface area contributed by atoms with Crippen molar-refractivity contribution in [1.29, 1.82) is 0 Å². The van der Waals surface area contributed by atoms with Gasteiger partial charge in [-0.05, 0) is 42.0 Å². The number of hydrogen-bond acceptors (Lipinski definition) is 7. The molecule has 38 heavy (non-hydrogen) atoms. The lowest BCUT2D eigenvalue weighted by Gasteiger charge is -2.16. The molecule has 13 heteroatoms.